The first-order valence-corrected chi connectivity index (χ1v) is 12.7. The van der Waals surface area contributed by atoms with Gasteiger partial charge in [0.15, 0.2) is 5.13 Å². The summed E-state index contributed by atoms with van der Waals surface area (Å²) in [5.41, 5.74) is 2.17. The number of anilines is 1. The van der Waals surface area contributed by atoms with Gasteiger partial charge in [0.1, 0.15) is 5.82 Å². The Hall–Kier alpha value is -1.52. The van der Waals surface area contributed by atoms with Gasteiger partial charge >= 0.3 is 0 Å². The van der Waals surface area contributed by atoms with Gasteiger partial charge < -0.3 is 4.90 Å². The van der Waals surface area contributed by atoms with Crippen molar-refractivity contribution >= 4 is 54.0 Å². The van der Waals surface area contributed by atoms with Crippen LogP contribution in [0.3, 0.4) is 0 Å². The quantitative estimate of drug-likeness (QED) is 0.476. The van der Waals surface area contributed by atoms with Crippen molar-refractivity contribution in [2.45, 2.75) is 11.3 Å². The summed E-state index contributed by atoms with van der Waals surface area (Å²) in [6.45, 7) is 1.74. The molecule has 1 aromatic heterocycles. The van der Waals surface area contributed by atoms with Crippen molar-refractivity contribution in [3.8, 4) is 0 Å². The summed E-state index contributed by atoms with van der Waals surface area (Å²) in [6.07, 6.45) is 0.746. The molecule has 158 valence electrons. The van der Waals surface area contributed by atoms with Gasteiger partial charge in [0.2, 0.25) is 10.0 Å². The predicted molar refractivity (Wildman–Crippen MR) is 121 cm³/mol. The van der Waals surface area contributed by atoms with E-state index in [0.29, 0.717) is 26.2 Å². The minimum absolute atomic E-state index is 0.00732. The summed E-state index contributed by atoms with van der Waals surface area (Å²) >= 11 is 10.8. The number of halogens is 3. The maximum absolute atomic E-state index is 13.4. The second-order valence-corrected chi connectivity index (χ2v) is 11.0. The Kier molecular flexibility index (Phi) is 6.45. The van der Waals surface area contributed by atoms with Crippen LogP contribution in [0, 0.1) is 5.82 Å². The fourth-order valence-corrected chi connectivity index (χ4v) is 6.30. The Morgan fingerprint density at radius 2 is 1.90 bits per heavy atom. The van der Waals surface area contributed by atoms with Crippen LogP contribution in [0.15, 0.2) is 57.2 Å². The minimum atomic E-state index is -3.71. The van der Waals surface area contributed by atoms with Gasteiger partial charge in [-0.1, -0.05) is 39.7 Å². The summed E-state index contributed by atoms with van der Waals surface area (Å²) in [5, 5.41) is 2.73. The maximum atomic E-state index is 13.4. The van der Waals surface area contributed by atoms with Crippen LogP contribution in [0.2, 0.25) is 5.02 Å². The third-order valence-corrected chi connectivity index (χ3v) is 8.48. The number of benzene rings is 2. The zero-order valence-corrected chi connectivity index (χ0v) is 19.7. The molecule has 10 heteroatoms. The van der Waals surface area contributed by atoms with Gasteiger partial charge in [-0.05, 0) is 35.9 Å². The standard InChI is InChI=1S/C20H18BrClFN3O2S2/c21-15-3-1-2-14(10-15)11-16-13-29-20(24-16)25-6-8-26(9-7-25)30(27,28)17-4-5-19(23)18(22)12-17/h1-5,10,12-13H,6-9,11H2. The van der Waals surface area contributed by atoms with Crippen molar-refractivity contribution in [2.75, 3.05) is 31.1 Å². The average molecular weight is 531 g/mol. The van der Waals surface area contributed by atoms with Crippen LogP contribution in [-0.2, 0) is 16.4 Å². The summed E-state index contributed by atoms with van der Waals surface area (Å²) in [7, 11) is -3.71. The van der Waals surface area contributed by atoms with Gasteiger partial charge in [-0.2, -0.15) is 4.31 Å². The van der Waals surface area contributed by atoms with E-state index in [1.165, 1.54) is 15.9 Å². The van der Waals surface area contributed by atoms with Crippen LogP contribution >= 0.6 is 38.9 Å². The lowest BCUT2D eigenvalue weighted by Gasteiger charge is -2.33. The molecular weight excluding hydrogens is 513 g/mol. The van der Waals surface area contributed by atoms with E-state index in [4.69, 9.17) is 16.6 Å². The van der Waals surface area contributed by atoms with E-state index in [-0.39, 0.29) is 9.92 Å². The van der Waals surface area contributed by atoms with Crippen LogP contribution in [0.25, 0.3) is 0 Å². The number of hydrogen-bond acceptors (Lipinski definition) is 5. The third-order valence-electron chi connectivity index (χ3n) is 4.85. The minimum Gasteiger partial charge on any atom is -0.345 e. The Labute approximate surface area is 192 Å². The molecule has 1 aliphatic rings. The second kappa shape index (κ2) is 8.92. The van der Waals surface area contributed by atoms with Crippen molar-refractivity contribution in [3.63, 3.8) is 0 Å². The molecule has 0 aliphatic carbocycles. The molecule has 2 aromatic carbocycles. The molecule has 0 spiro atoms. The molecule has 0 atom stereocenters. The molecule has 4 rings (SSSR count). The number of rotatable bonds is 5. The fraction of sp³-hybridized carbons (Fsp3) is 0.250. The highest BCUT2D eigenvalue weighted by Crippen LogP contribution is 2.27. The van der Waals surface area contributed by atoms with Crippen molar-refractivity contribution in [3.05, 3.63) is 74.4 Å². The first-order valence-electron chi connectivity index (χ1n) is 9.22. The first-order chi connectivity index (χ1) is 14.3. The van der Waals surface area contributed by atoms with Crippen LogP contribution in [-0.4, -0.2) is 43.9 Å². The summed E-state index contributed by atoms with van der Waals surface area (Å²) in [5.74, 6) is -0.636. The number of piperazine rings is 1. The van der Waals surface area contributed by atoms with Crippen LogP contribution in [0.4, 0.5) is 9.52 Å². The van der Waals surface area contributed by atoms with E-state index in [9.17, 15) is 12.8 Å². The van der Waals surface area contributed by atoms with Crippen molar-refractivity contribution < 1.29 is 12.8 Å². The number of sulfonamides is 1. The molecule has 0 radical (unpaired) electrons. The highest BCUT2D eigenvalue weighted by atomic mass is 79.9. The average Bonchev–Trinajstić information content (AvgIpc) is 3.18. The van der Waals surface area contributed by atoms with E-state index in [0.717, 1.165) is 33.9 Å². The highest BCUT2D eigenvalue weighted by molar-refractivity contribution is 9.10. The summed E-state index contributed by atoms with van der Waals surface area (Å²) in [4.78, 5) is 6.83. The number of nitrogens with zero attached hydrogens (tertiary/aromatic N) is 3. The van der Waals surface area contributed by atoms with Gasteiger partial charge in [0.25, 0.3) is 0 Å². The molecular formula is C20H18BrClFN3O2S2. The van der Waals surface area contributed by atoms with Crippen LogP contribution in [0.5, 0.6) is 0 Å². The SMILES string of the molecule is O=S(=O)(c1ccc(F)c(Cl)c1)N1CCN(c2nc(Cc3cccc(Br)c3)cs2)CC1. The second-order valence-electron chi connectivity index (χ2n) is 6.90. The third kappa shape index (κ3) is 4.70. The number of aromatic nitrogens is 1. The molecule has 0 N–H and O–H groups in total. The molecule has 0 bridgehead atoms. The number of thiazole rings is 1. The summed E-state index contributed by atoms with van der Waals surface area (Å²) < 4.78 is 41.5. The van der Waals surface area contributed by atoms with Gasteiger partial charge in [0.05, 0.1) is 15.6 Å². The van der Waals surface area contributed by atoms with E-state index >= 15 is 0 Å². The Morgan fingerprint density at radius 1 is 1.13 bits per heavy atom. The van der Waals surface area contributed by atoms with Crippen LogP contribution < -0.4 is 4.90 Å². The molecule has 1 fully saturated rings. The normalized spacial score (nSPS) is 15.5. The lowest BCUT2D eigenvalue weighted by atomic mass is 10.1. The monoisotopic (exact) mass is 529 g/mol. The molecule has 5 nitrogen and oxygen atoms in total. The lowest BCUT2D eigenvalue weighted by Crippen LogP contribution is -2.48. The van der Waals surface area contributed by atoms with Crippen molar-refractivity contribution in [1.29, 1.82) is 0 Å². The molecule has 0 unspecified atom stereocenters. The predicted octanol–water partition coefficient (Wildman–Crippen LogP) is 4.80. The zero-order valence-electron chi connectivity index (χ0n) is 15.8. The Bertz CT molecular complexity index is 1160. The number of hydrogen-bond donors (Lipinski definition) is 0. The van der Waals surface area contributed by atoms with Crippen LogP contribution in [0.1, 0.15) is 11.3 Å². The molecule has 2 heterocycles. The zero-order chi connectivity index (χ0) is 21.3. The van der Waals surface area contributed by atoms with Gasteiger partial charge in [-0.3, -0.25) is 0 Å². The molecule has 0 amide bonds. The van der Waals surface area contributed by atoms with Crippen molar-refractivity contribution in [1.82, 2.24) is 9.29 Å². The molecule has 1 aliphatic heterocycles. The Morgan fingerprint density at radius 3 is 2.60 bits per heavy atom. The highest BCUT2D eigenvalue weighted by Gasteiger charge is 2.29. The molecule has 3 aromatic rings. The topological polar surface area (TPSA) is 53.5 Å². The van der Waals surface area contributed by atoms with Gasteiger partial charge in [0, 0.05) is 42.5 Å². The van der Waals surface area contributed by atoms with Crippen molar-refractivity contribution in [2.24, 2.45) is 0 Å². The summed E-state index contributed by atoms with van der Waals surface area (Å²) in [6, 6.07) is 11.6. The fourth-order valence-electron chi connectivity index (χ4n) is 3.28. The van der Waals surface area contributed by atoms with E-state index in [2.05, 4.69) is 33.0 Å². The smallest absolute Gasteiger partial charge is 0.243 e. The van der Waals surface area contributed by atoms with E-state index in [1.54, 1.807) is 11.3 Å². The Balaban J connectivity index is 1.41. The van der Waals surface area contributed by atoms with Gasteiger partial charge in [-0.25, -0.2) is 17.8 Å². The molecule has 0 saturated carbocycles. The first kappa shape index (κ1) is 21.7. The maximum Gasteiger partial charge on any atom is 0.243 e. The lowest BCUT2D eigenvalue weighted by molar-refractivity contribution is 0.384. The largest absolute Gasteiger partial charge is 0.345 e. The van der Waals surface area contributed by atoms with E-state index in [1.807, 2.05) is 17.5 Å². The van der Waals surface area contributed by atoms with Gasteiger partial charge in [-0.15, -0.1) is 11.3 Å². The molecule has 1 saturated heterocycles. The van der Waals surface area contributed by atoms with E-state index < -0.39 is 15.8 Å². The molecule has 30 heavy (non-hydrogen) atoms.